The predicted octanol–water partition coefficient (Wildman–Crippen LogP) is 3.24. The van der Waals surface area contributed by atoms with E-state index >= 15 is 0 Å². The van der Waals surface area contributed by atoms with Crippen LogP contribution in [0.2, 0.25) is 0 Å². The van der Waals surface area contributed by atoms with Crippen LogP contribution in [0, 0.1) is 5.92 Å². The van der Waals surface area contributed by atoms with Crippen molar-refractivity contribution in [2.45, 2.75) is 31.6 Å². The van der Waals surface area contributed by atoms with Crippen LogP contribution in [0.25, 0.3) is 0 Å². The lowest BCUT2D eigenvalue weighted by molar-refractivity contribution is 0.551. The second-order valence-electron chi connectivity index (χ2n) is 5.47. The Morgan fingerprint density at radius 2 is 2.21 bits per heavy atom. The number of nitrogens with two attached hydrogens (primary N) is 1. The lowest BCUT2D eigenvalue weighted by Crippen LogP contribution is -2.37. The van der Waals surface area contributed by atoms with Crippen LogP contribution >= 0.6 is 23.5 Å². The summed E-state index contributed by atoms with van der Waals surface area (Å²) in [5.41, 5.74) is 5.79. The van der Waals surface area contributed by atoms with Crippen molar-refractivity contribution in [3.05, 3.63) is 35.4 Å². The lowest BCUT2D eigenvalue weighted by atomic mass is 9.97. The second-order valence-corrected chi connectivity index (χ2v) is 7.97. The van der Waals surface area contributed by atoms with E-state index in [9.17, 15) is 0 Å². The highest BCUT2D eigenvalue weighted by Gasteiger charge is 2.25. The van der Waals surface area contributed by atoms with E-state index in [4.69, 9.17) is 5.84 Å². The van der Waals surface area contributed by atoms with Gasteiger partial charge in [-0.05, 0) is 23.5 Å². The summed E-state index contributed by atoms with van der Waals surface area (Å²) in [4.78, 5) is 0. The minimum Gasteiger partial charge on any atom is -0.271 e. The van der Waals surface area contributed by atoms with Crippen LogP contribution in [0.3, 0.4) is 0 Å². The minimum absolute atomic E-state index is 0.268. The van der Waals surface area contributed by atoms with E-state index in [0.717, 1.165) is 6.42 Å². The fraction of sp³-hybridized carbons (Fsp3) is 0.600. The molecule has 0 radical (unpaired) electrons. The van der Waals surface area contributed by atoms with Gasteiger partial charge in [0.25, 0.3) is 0 Å². The molecule has 1 saturated heterocycles. The molecule has 106 valence electrons. The molecule has 0 aromatic heterocycles. The van der Waals surface area contributed by atoms with E-state index < -0.39 is 0 Å². The van der Waals surface area contributed by atoms with Crippen LogP contribution in [0.1, 0.15) is 31.0 Å². The molecular formula is C15H24N2S2. The summed E-state index contributed by atoms with van der Waals surface area (Å²) in [5.74, 6) is 10.2. The van der Waals surface area contributed by atoms with Crippen molar-refractivity contribution < 1.29 is 0 Å². The average molecular weight is 297 g/mol. The molecule has 0 saturated carbocycles. The van der Waals surface area contributed by atoms with Crippen LogP contribution in [-0.2, 0) is 6.42 Å². The average Bonchev–Trinajstić information content (AvgIpc) is 2.40. The highest BCUT2D eigenvalue weighted by Crippen LogP contribution is 2.33. The van der Waals surface area contributed by atoms with Gasteiger partial charge in [-0.15, -0.1) is 0 Å². The topological polar surface area (TPSA) is 38.0 Å². The third-order valence-electron chi connectivity index (χ3n) is 3.35. The number of hydrogen-bond donors (Lipinski definition) is 2. The SMILES string of the molecule is CC(C)Cc1cccc(C(NN)C2CSCCS2)c1. The monoisotopic (exact) mass is 296 g/mol. The Hall–Kier alpha value is -0.160. The molecule has 1 aromatic rings. The molecule has 2 atom stereocenters. The van der Waals surface area contributed by atoms with Gasteiger partial charge in [0.05, 0.1) is 6.04 Å². The Morgan fingerprint density at radius 3 is 2.84 bits per heavy atom. The maximum Gasteiger partial charge on any atom is 0.0586 e. The van der Waals surface area contributed by atoms with Crippen molar-refractivity contribution in [2.24, 2.45) is 11.8 Å². The third kappa shape index (κ3) is 4.42. The van der Waals surface area contributed by atoms with Crippen molar-refractivity contribution in [3.8, 4) is 0 Å². The number of benzene rings is 1. The molecule has 0 spiro atoms. The molecule has 0 amide bonds. The molecule has 1 aliphatic heterocycles. The highest BCUT2D eigenvalue weighted by atomic mass is 32.2. The van der Waals surface area contributed by atoms with Crippen molar-refractivity contribution in [3.63, 3.8) is 0 Å². The second kappa shape index (κ2) is 7.58. The largest absolute Gasteiger partial charge is 0.271 e. The van der Waals surface area contributed by atoms with E-state index in [1.165, 1.54) is 28.4 Å². The third-order valence-corrected chi connectivity index (χ3v) is 6.21. The van der Waals surface area contributed by atoms with Gasteiger partial charge in [0.1, 0.15) is 0 Å². The first-order valence-corrected chi connectivity index (χ1v) is 9.15. The molecule has 4 heteroatoms. The van der Waals surface area contributed by atoms with Crippen molar-refractivity contribution >= 4 is 23.5 Å². The number of rotatable bonds is 5. The fourth-order valence-electron chi connectivity index (χ4n) is 2.50. The molecular weight excluding hydrogens is 272 g/mol. The standard InChI is InChI=1S/C15H24N2S2/c1-11(2)8-12-4-3-5-13(9-12)15(17-16)14-10-18-6-7-19-14/h3-5,9,11,14-15,17H,6-8,10,16H2,1-2H3. The van der Waals surface area contributed by atoms with E-state index in [1.807, 2.05) is 23.5 Å². The zero-order valence-corrected chi connectivity index (χ0v) is 13.4. The summed E-state index contributed by atoms with van der Waals surface area (Å²) in [5, 5.41) is 0.582. The highest BCUT2D eigenvalue weighted by molar-refractivity contribution is 8.06. The number of thioether (sulfide) groups is 2. The Labute approximate surface area is 125 Å². The van der Waals surface area contributed by atoms with Crippen LogP contribution in [0.15, 0.2) is 24.3 Å². The summed E-state index contributed by atoms with van der Waals surface area (Å²) in [6, 6.07) is 9.18. The smallest absolute Gasteiger partial charge is 0.0586 e. The van der Waals surface area contributed by atoms with E-state index in [2.05, 4.69) is 43.5 Å². The zero-order valence-electron chi connectivity index (χ0n) is 11.8. The van der Waals surface area contributed by atoms with Crippen molar-refractivity contribution in [1.29, 1.82) is 0 Å². The molecule has 2 unspecified atom stereocenters. The van der Waals surface area contributed by atoms with Gasteiger partial charge in [-0.1, -0.05) is 38.1 Å². The van der Waals surface area contributed by atoms with Gasteiger partial charge in [-0.25, -0.2) is 0 Å². The molecule has 1 heterocycles. The first kappa shape index (κ1) is 15.2. The summed E-state index contributed by atoms with van der Waals surface area (Å²) in [6.45, 7) is 4.53. The molecule has 1 aromatic carbocycles. The van der Waals surface area contributed by atoms with Crippen LogP contribution in [0.5, 0.6) is 0 Å². The summed E-state index contributed by atoms with van der Waals surface area (Å²) >= 11 is 4.09. The minimum atomic E-state index is 0.268. The van der Waals surface area contributed by atoms with Crippen molar-refractivity contribution in [1.82, 2.24) is 5.43 Å². The van der Waals surface area contributed by atoms with Gasteiger partial charge >= 0.3 is 0 Å². The Bertz CT molecular complexity index is 389. The molecule has 19 heavy (non-hydrogen) atoms. The normalized spacial score (nSPS) is 21.6. The van der Waals surface area contributed by atoms with E-state index in [1.54, 1.807) is 0 Å². The first-order valence-electron chi connectivity index (χ1n) is 6.95. The maximum atomic E-state index is 5.81. The van der Waals surface area contributed by atoms with Crippen LogP contribution in [-0.4, -0.2) is 22.5 Å². The van der Waals surface area contributed by atoms with Gasteiger partial charge in [0.15, 0.2) is 0 Å². The van der Waals surface area contributed by atoms with Crippen LogP contribution in [0.4, 0.5) is 0 Å². The quantitative estimate of drug-likeness (QED) is 0.646. The Kier molecular flexibility index (Phi) is 6.07. The maximum absolute atomic E-state index is 5.81. The predicted molar refractivity (Wildman–Crippen MR) is 88.6 cm³/mol. The number of hydrazine groups is 1. The number of nitrogens with one attached hydrogen (secondary N) is 1. The van der Waals surface area contributed by atoms with Gasteiger partial charge in [-0.2, -0.15) is 23.5 Å². The zero-order chi connectivity index (χ0) is 13.7. The molecule has 3 N–H and O–H groups in total. The molecule has 0 bridgehead atoms. The molecule has 1 aliphatic rings. The number of hydrogen-bond acceptors (Lipinski definition) is 4. The van der Waals surface area contributed by atoms with Crippen molar-refractivity contribution in [2.75, 3.05) is 17.3 Å². The Morgan fingerprint density at radius 1 is 1.37 bits per heavy atom. The molecule has 1 fully saturated rings. The molecule has 2 rings (SSSR count). The summed E-state index contributed by atoms with van der Waals surface area (Å²) < 4.78 is 0. The first-order chi connectivity index (χ1) is 9.20. The van der Waals surface area contributed by atoms with Gasteiger partial charge in [0, 0.05) is 22.5 Å². The van der Waals surface area contributed by atoms with Gasteiger partial charge in [0.2, 0.25) is 0 Å². The molecule has 0 aliphatic carbocycles. The van der Waals surface area contributed by atoms with E-state index in [-0.39, 0.29) is 6.04 Å². The summed E-state index contributed by atoms with van der Waals surface area (Å²) in [7, 11) is 0. The summed E-state index contributed by atoms with van der Waals surface area (Å²) in [6.07, 6.45) is 1.14. The molecule has 2 nitrogen and oxygen atoms in total. The fourth-order valence-corrected chi connectivity index (χ4v) is 5.35. The van der Waals surface area contributed by atoms with Gasteiger partial charge in [-0.3, -0.25) is 11.3 Å². The van der Waals surface area contributed by atoms with Crippen LogP contribution < -0.4 is 11.3 Å². The lowest BCUT2D eigenvalue weighted by Gasteiger charge is -2.29. The Balaban J connectivity index is 2.12. The van der Waals surface area contributed by atoms with Gasteiger partial charge < -0.3 is 0 Å². The van der Waals surface area contributed by atoms with E-state index in [0.29, 0.717) is 11.2 Å².